The Morgan fingerprint density at radius 2 is 1.80 bits per heavy atom. The maximum Gasteiger partial charge on any atom is 0.164 e. The van der Waals surface area contributed by atoms with Gasteiger partial charge in [-0.25, -0.2) is 0 Å². The summed E-state index contributed by atoms with van der Waals surface area (Å²) in [5, 5.41) is 8.43. The van der Waals surface area contributed by atoms with Gasteiger partial charge in [-0.1, -0.05) is 6.07 Å². The molecule has 0 radical (unpaired) electrons. The first-order valence-corrected chi connectivity index (χ1v) is 5.04. The minimum Gasteiger partial charge on any atom is -0.294 e. The maximum atomic E-state index is 11.7. The van der Waals surface area contributed by atoms with E-state index in [2.05, 4.69) is 0 Å². The van der Waals surface area contributed by atoms with Crippen molar-refractivity contribution in [3.63, 3.8) is 0 Å². The molecule has 0 atom stereocenters. The average Bonchev–Trinajstić information content (AvgIpc) is 2.20. The molecule has 0 fully saturated rings. The fourth-order valence-electron chi connectivity index (χ4n) is 1.57. The van der Waals surface area contributed by atoms with Gasteiger partial charge in [0.15, 0.2) is 5.78 Å². The van der Waals surface area contributed by atoms with E-state index in [0.29, 0.717) is 12.8 Å². The lowest BCUT2D eigenvalue weighted by atomic mass is 9.96. The monoisotopic (exact) mass is 201 g/mol. The summed E-state index contributed by atoms with van der Waals surface area (Å²) < 4.78 is 0. The third-order valence-electron chi connectivity index (χ3n) is 2.60. The van der Waals surface area contributed by atoms with Crippen LogP contribution in [-0.4, -0.2) is 5.78 Å². The average molecular weight is 201 g/mol. The third-order valence-corrected chi connectivity index (χ3v) is 2.60. The van der Waals surface area contributed by atoms with Crippen molar-refractivity contribution in [2.75, 3.05) is 0 Å². The molecule has 2 nitrogen and oxygen atoms in total. The molecular weight excluding hydrogens is 186 g/mol. The Morgan fingerprint density at radius 1 is 1.20 bits per heavy atom. The molecule has 0 heterocycles. The van der Waals surface area contributed by atoms with Crippen LogP contribution < -0.4 is 0 Å². The molecular formula is C13H15NO. The summed E-state index contributed by atoms with van der Waals surface area (Å²) in [6.45, 7) is 5.97. The van der Waals surface area contributed by atoms with Gasteiger partial charge in [-0.3, -0.25) is 4.79 Å². The number of Topliss-reactive ketones (excluding diaryl/α,β-unsaturated/α-hetero) is 1. The van der Waals surface area contributed by atoms with E-state index in [9.17, 15) is 4.79 Å². The summed E-state index contributed by atoms with van der Waals surface area (Å²) in [7, 11) is 0. The second-order valence-corrected chi connectivity index (χ2v) is 3.83. The van der Waals surface area contributed by atoms with E-state index in [4.69, 9.17) is 5.26 Å². The first kappa shape index (κ1) is 11.5. The van der Waals surface area contributed by atoms with Gasteiger partial charge in [-0.2, -0.15) is 5.26 Å². The van der Waals surface area contributed by atoms with E-state index in [1.807, 2.05) is 39.0 Å². The maximum absolute atomic E-state index is 11.7. The number of nitrogens with zero attached hydrogens (tertiary/aromatic N) is 1. The van der Waals surface area contributed by atoms with Gasteiger partial charge >= 0.3 is 0 Å². The van der Waals surface area contributed by atoms with Crippen LogP contribution in [0.2, 0.25) is 0 Å². The summed E-state index contributed by atoms with van der Waals surface area (Å²) in [5.74, 6) is 0.0668. The Kier molecular flexibility index (Phi) is 3.62. The zero-order valence-electron chi connectivity index (χ0n) is 9.42. The van der Waals surface area contributed by atoms with Gasteiger partial charge in [0.2, 0.25) is 0 Å². The molecule has 0 spiro atoms. The Hall–Kier alpha value is -1.62. The summed E-state index contributed by atoms with van der Waals surface area (Å²) in [6, 6.07) is 5.94. The molecule has 1 aromatic carbocycles. The lowest BCUT2D eigenvalue weighted by Gasteiger charge is -2.07. The molecule has 0 saturated carbocycles. The van der Waals surface area contributed by atoms with Crippen LogP contribution in [-0.2, 0) is 0 Å². The van der Waals surface area contributed by atoms with Crippen molar-refractivity contribution in [2.45, 2.75) is 33.6 Å². The summed E-state index contributed by atoms with van der Waals surface area (Å²) in [6.07, 6.45) is 0.616. The number of carbonyl (C=O) groups excluding carboxylic acids is 1. The second kappa shape index (κ2) is 4.75. The lowest BCUT2D eigenvalue weighted by Crippen LogP contribution is -2.02. The summed E-state index contributed by atoms with van der Waals surface area (Å²) in [4.78, 5) is 11.7. The standard InChI is InChI=1S/C13H15NO/c1-9-7-11(3)12(8-10(9)2)13(15)5-4-6-14/h7-8H,4-5H2,1-3H3. The van der Waals surface area contributed by atoms with E-state index in [-0.39, 0.29) is 5.78 Å². The van der Waals surface area contributed by atoms with Gasteiger partial charge in [0.25, 0.3) is 0 Å². The highest BCUT2D eigenvalue weighted by molar-refractivity contribution is 5.97. The molecule has 0 bridgehead atoms. The molecule has 0 saturated heterocycles. The largest absolute Gasteiger partial charge is 0.294 e. The lowest BCUT2D eigenvalue weighted by molar-refractivity contribution is 0.0983. The molecule has 78 valence electrons. The number of benzene rings is 1. The topological polar surface area (TPSA) is 40.9 Å². The van der Waals surface area contributed by atoms with E-state index in [1.165, 1.54) is 5.56 Å². The number of hydrogen-bond acceptors (Lipinski definition) is 2. The fraction of sp³-hybridized carbons (Fsp3) is 0.385. The van der Waals surface area contributed by atoms with Crippen LogP contribution >= 0.6 is 0 Å². The van der Waals surface area contributed by atoms with Crippen LogP contribution in [0, 0.1) is 32.1 Å². The molecule has 1 aromatic rings. The highest BCUT2D eigenvalue weighted by atomic mass is 16.1. The predicted octanol–water partition coefficient (Wildman–Crippen LogP) is 3.10. The van der Waals surface area contributed by atoms with Crippen molar-refractivity contribution in [3.05, 3.63) is 34.4 Å². The number of hydrogen-bond donors (Lipinski definition) is 0. The summed E-state index contributed by atoms with van der Waals surface area (Å²) in [5.41, 5.74) is 4.08. The number of nitriles is 1. The molecule has 0 aliphatic carbocycles. The Labute approximate surface area is 90.5 Å². The minimum atomic E-state index is 0.0668. The first-order valence-electron chi connectivity index (χ1n) is 5.04. The number of aryl methyl sites for hydroxylation is 3. The Bertz CT molecular complexity index is 427. The highest BCUT2D eigenvalue weighted by Gasteiger charge is 2.09. The third kappa shape index (κ3) is 2.66. The molecule has 2 heteroatoms. The minimum absolute atomic E-state index is 0.0668. The second-order valence-electron chi connectivity index (χ2n) is 3.83. The van der Waals surface area contributed by atoms with Gasteiger partial charge in [0.05, 0.1) is 6.07 Å². The number of rotatable bonds is 3. The molecule has 0 aromatic heterocycles. The van der Waals surface area contributed by atoms with E-state index in [1.54, 1.807) is 0 Å². The van der Waals surface area contributed by atoms with Crippen LogP contribution in [0.1, 0.15) is 39.9 Å². The van der Waals surface area contributed by atoms with E-state index in [0.717, 1.165) is 16.7 Å². The quantitative estimate of drug-likeness (QED) is 0.705. The van der Waals surface area contributed by atoms with Crippen molar-refractivity contribution >= 4 is 5.78 Å². The van der Waals surface area contributed by atoms with E-state index < -0.39 is 0 Å². The number of carbonyl (C=O) groups is 1. The molecule has 0 aliphatic heterocycles. The SMILES string of the molecule is Cc1cc(C)c(C(=O)CCC#N)cc1C. The molecule has 0 aliphatic rings. The van der Waals surface area contributed by atoms with Crippen LogP contribution in [0.5, 0.6) is 0 Å². The van der Waals surface area contributed by atoms with Gasteiger partial charge < -0.3 is 0 Å². The molecule has 0 unspecified atom stereocenters. The van der Waals surface area contributed by atoms with Crippen LogP contribution in [0.4, 0.5) is 0 Å². The van der Waals surface area contributed by atoms with Gasteiger partial charge in [-0.05, 0) is 43.5 Å². The highest BCUT2D eigenvalue weighted by Crippen LogP contribution is 2.17. The zero-order valence-corrected chi connectivity index (χ0v) is 9.42. The van der Waals surface area contributed by atoms with Gasteiger partial charge in [0, 0.05) is 18.4 Å². The number of ketones is 1. The Balaban J connectivity index is 3.00. The normalized spacial score (nSPS) is 9.73. The molecule has 1 rings (SSSR count). The van der Waals surface area contributed by atoms with Crippen molar-refractivity contribution < 1.29 is 4.79 Å². The van der Waals surface area contributed by atoms with Crippen molar-refractivity contribution in [3.8, 4) is 6.07 Å². The summed E-state index contributed by atoms with van der Waals surface area (Å²) >= 11 is 0. The predicted molar refractivity (Wildman–Crippen MR) is 59.8 cm³/mol. The first-order chi connectivity index (χ1) is 7.06. The van der Waals surface area contributed by atoms with Crippen LogP contribution in [0.15, 0.2) is 12.1 Å². The Morgan fingerprint density at radius 3 is 2.40 bits per heavy atom. The van der Waals surface area contributed by atoms with Gasteiger partial charge in [-0.15, -0.1) is 0 Å². The van der Waals surface area contributed by atoms with Crippen LogP contribution in [0.3, 0.4) is 0 Å². The van der Waals surface area contributed by atoms with Gasteiger partial charge in [0.1, 0.15) is 0 Å². The van der Waals surface area contributed by atoms with E-state index >= 15 is 0 Å². The molecule has 0 N–H and O–H groups in total. The van der Waals surface area contributed by atoms with Crippen LogP contribution in [0.25, 0.3) is 0 Å². The van der Waals surface area contributed by atoms with Crippen molar-refractivity contribution in [1.29, 1.82) is 5.26 Å². The fourth-order valence-corrected chi connectivity index (χ4v) is 1.57. The van der Waals surface area contributed by atoms with Crippen molar-refractivity contribution in [2.24, 2.45) is 0 Å². The molecule has 0 amide bonds. The smallest absolute Gasteiger partial charge is 0.164 e. The zero-order chi connectivity index (χ0) is 11.4. The van der Waals surface area contributed by atoms with Crippen molar-refractivity contribution in [1.82, 2.24) is 0 Å². The molecule has 15 heavy (non-hydrogen) atoms.